The van der Waals surface area contributed by atoms with Crippen molar-refractivity contribution in [3.8, 4) is 0 Å². The molecule has 0 aromatic heterocycles. The Hall–Kier alpha value is -0.150. The maximum Gasteiger partial charge on any atom is 0.0784 e. The molecule has 0 amide bonds. The fraction of sp³-hybridized carbons (Fsp3) is 0.900. The molecule has 2 N–H and O–H groups in total. The molecule has 0 aliphatic heterocycles. The van der Waals surface area contributed by atoms with Gasteiger partial charge in [-0.25, -0.2) is 0 Å². The predicted octanol–water partition coefficient (Wildman–Crippen LogP) is 2.03. The summed E-state index contributed by atoms with van der Waals surface area (Å²) in [5.74, 6) is 0. The van der Waals surface area contributed by atoms with Crippen molar-refractivity contribution < 1.29 is 0 Å². The fourth-order valence-corrected chi connectivity index (χ4v) is 0.939. The summed E-state index contributed by atoms with van der Waals surface area (Å²) in [4.78, 5) is 2.92. The van der Waals surface area contributed by atoms with Gasteiger partial charge in [-0.05, 0) is 33.9 Å². The normalized spacial score (nSPS) is 12.5. The van der Waals surface area contributed by atoms with E-state index in [2.05, 4.69) is 39.6 Å². The van der Waals surface area contributed by atoms with E-state index in [0.29, 0.717) is 11.0 Å². The molecule has 0 bridgehead atoms. The summed E-state index contributed by atoms with van der Waals surface area (Å²) in [7, 11) is 2.13. The maximum absolute atomic E-state index is 5.65. The Bertz CT molecular complexity index is 176. The van der Waals surface area contributed by atoms with Gasteiger partial charge < -0.3 is 10.6 Å². The number of hydrogen-bond donors (Lipinski definition) is 1. The smallest absolute Gasteiger partial charge is 0.0784 e. The molecule has 0 unspecified atom stereocenters. The highest BCUT2D eigenvalue weighted by atomic mass is 32.1. The van der Waals surface area contributed by atoms with Crippen LogP contribution < -0.4 is 5.73 Å². The van der Waals surface area contributed by atoms with E-state index in [0.717, 1.165) is 13.0 Å². The summed E-state index contributed by atoms with van der Waals surface area (Å²) in [6, 6.07) is 0.585. The van der Waals surface area contributed by atoms with E-state index in [-0.39, 0.29) is 5.41 Å². The van der Waals surface area contributed by atoms with E-state index in [1.54, 1.807) is 0 Å². The first-order valence-corrected chi connectivity index (χ1v) is 5.18. The third kappa shape index (κ3) is 4.58. The van der Waals surface area contributed by atoms with Crippen LogP contribution in [0.25, 0.3) is 0 Å². The van der Waals surface area contributed by atoms with Gasteiger partial charge in [-0.3, -0.25) is 0 Å². The van der Waals surface area contributed by atoms with Crippen LogP contribution >= 0.6 is 12.2 Å². The van der Waals surface area contributed by atoms with Gasteiger partial charge in [0.2, 0.25) is 0 Å². The Kier molecular flexibility index (Phi) is 4.86. The Labute approximate surface area is 87.5 Å². The number of hydrogen-bond acceptors (Lipinski definition) is 2. The van der Waals surface area contributed by atoms with Crippen LogP contribution in [-0.2, 0) is 0 Å². The summed E-state index contributed by atoms with van der Waals surface area (Å²) in [6.07, 6.45) is 1.02. The van der Waals surface area contributed by atoms with Crippen LogP contribution in [0.3, 0.4) is 0 Å². The van der Waals surface area contributed by atoms with Crippen LogP contribution in [0.15, 0.2) is 0 Å². The monoisotopic (exact) mass is 202 g/mol. The van der Waals surface area contributed by atoms with Crippen molar-refractivity contribution >= 4 is 17.2 Å². The van der Waals surface area contributed by atoms with E-state index in [9.17, 15) is 0 Å². The third-order valence-electron chi connectivity index (χ3n) is 2.64. The summed E-state index contributed by atoms with van der Waals surface area (Å²) in [5, 5.41) is 0. The average Bonchev–Trinajstić information content (AvgIpc) is 1.99. The van der Waals surface area contributed by atoms with Crippen LogP contribution in [0.2, 0.25) is 0 Å². The summed E-state index contributed by atoms with van der Waals surface area (Å²) >= 11 is 5.01. The second-order valence-corrected chi connectivity index (χ2v) is 5.01. The van der Waals surface area contributed by atoms with E-state index < -0.39 is 0 Å². The number of thiocarbonyl (C=S) groups is 1. The van der Waals surface area contributed by atoms with E-state index >= 15 is 0 Å². The van der Waals surface area contributed by atoms with Gasteiger partial charge in [0, 0.05) is 11.5 Å². The van der Waals surface area contributed by atoms with Gasteiger partial charge in [-0.1, -0.05) is 26.1 Å². The van der Waals surface area contributed by atoms with Crippen molar-refractivity contribution in [1.82, 2.24) is 4.90 Å². The molecule has 13 heavy (non-hydrogen) atoms. The molecule has 0 aliphatic carbocycles. The van der Waals surface area contributed by atoms with Crippen molar-refractivity contribution in [1.29, 1.82) is 0 Å². The molecule has 0 aromatic rings. The van der Waals surface area contributed by atoms with Crippen molar-refractivity contribution in [2.24, 2.45) is 11.1 Å². The largest absolute Gasteiger partial charge is 0.393 e. The van der Waals surface area contributed by atoms with Gasteiger partial charge in [0.25, 0.3) is 0 Å². The van der Waals surface area contributed by atoms with E-state index in [1.165, 1.54) is 0 Å². The Morgan fingerprint density at radius 3 is 2.23 bits per heavy atom. The fourth-order valence-electron chi connectivity index (χ4n) is 0.837. The summed E-state index contributed by atoms with van der Waals surface area (Å²) < 4.78 is 0. The van der Waals surface area contributed by atoms with E-state index in [4.69, 9.17) is 18.0 Å². The van der Waals surface area contributed by atoms with Crippen molar-refractivity contribution in [3.63, 3.8) is 0 Å². The van der Waals surface area contributed by atoms with Gasteiger partial charge in [0.15, 0.2) is 0 Å². The van der Waals surface area contributed by atoms with Crippen LogP contribution in [0.1, 0.15) is 34.1 Å². The molecule has 0 aromatic carbocycles. The molecule has 2 nitrogen and oxygen atoms in total. The molecule has 0 radical (unpaired) electrons. The summed E-state index contributed by atoms with van der Waals surface area (Å²) in [6.45, 7) is 9.62. The zero-order chi connectivity index (χ0) is 10.6. The molecule has 0 fully saturated rings. The van der Waals surface area contributed by atoms with Gasteiger partial charge in [-0.2, -0.15) is 0 Å². The van der Waals surface area contributed by atoms with Gasteiger partial charge in [0.1, 0.15) is 0 Å². The molecule has 0 saturated heterocycles. The van der Waals surface area contributed by atoms with Crippen LogP contribution in [-0.4, -0.2) is 29.5 Å². The molecule has 0 atom stereocenters. The first kappa shape index (κ1) is 12.8. The molecule has 78 valence electrons. The lowest BCUT2D eigenvalue weighted by Crippen LogP contribution is -2.35. The molecule has 0 aliphatic rings. The molecule has 0 saturated carbocycles. The zero-order valence-corrected chi connectivity index (χ0v) is 10.2. The molecular formula is C10H22N2S. The Morgan fingerprint density at radius 2 is 1.92 bits per heavy atom. The highest BCUT2D eigenvalue weighted by molar-refractivity contribution is 7.80. The van der Waals surface area contributed by atoms with E-state index in [1.807, 2.05) is 0 Å². The number of nitrogens with zero attached hydrogens (tertiary/aromatic N) is 1. The quantitative estimate of drug-likeness (QED) is 0.692. The standard InChI is InChI=1S/C10H22N2S/c1-8(2)12(5)7-6-10(3,4)9(11)13/h8H,6-7H2,1-5H3,(H2,11,13). The lowest BCUT2D eigenvalue weighted by Gasteiger charge is -2.28. The zero-order valence-electron chi connectivity index (χ0n) is 9.42. The van der Waals surface area contributed by atoms with Crippen molar-refractivity contribution in [3.05, 3.63) is 0 Å². The number of nitrogens with two attached hydrogens (primary N) is 1. The average molecular weight is 202 g/mol. The Morgan fingerprint density at radius 1 is 1.46 bits per heavy atom. The molecule has 0 heterocycles. The van der Waals surface area contributed by atoms with Crippen molar-refractivity contribution in [2.45, 2.75) is 40.2 Å². The lowest BCUT2D eigenvalue weighted by molar-refractivity contribution is 0.246. The predicted molar refractivity (Wildman–Crippen MR) is 62.9 cm³/mol. The summed E-state index contributed by atoms with van der Waals surface area (Å²) in [5.41, 5.74) is 5.63. The third-order valence-corrected chi connectivity index (χ3v) is 3.19. The highest BCUT2D eigenvalue weighted by Crippen LogP contribution is 2.20. The first-order valence-electron chi connectivity index (χ1n) is 4.77. The van der Waals surface area contributed by atoms with Gasteiger partial charge in [0.05, 0.1) is 4.99 Å². The van der Waals surface area contributed by atoms with Gasteiger partial charge >= 0.3 is 0 Å². The molecule has 3 heteroatoms. The lowest BCUT2D eigenvalue weighted by atomic mass is 9.89. The molecule has 0 spiro atoms. The first-order chi connectivity index (χ1) is 5.77. The molecule has 0 rings (SSSR count). The minimum atomic E-state index is -0.0154. The Balaban J connectivity index is 3.95. The van der Waals surface area contributed by atoms with Gasteiger partial charge in [-0.15, -0.1) is 0 Å². The van der Waals surface area contributed by atoms with Crippen LogP contribution in [0.5, 0.6) is 0 Å². The molecular weight excluding hydrogens is 180 g/mol. The number of rotatable bonds is 5. The van der Waals surface area contributed by atoms with Crippen LogP contribution in [0.4, 0.5) is 0 Å². The highest BCUT2D eigenvalue weighted by Gasteiger charge is 2.21. The topological polar surface area (TPSA) is 29.3 Å². The second kappa shape index (κ2) is 4.91. The minimum Gasteiger partial charge on any atom is -0.393 e. The SMILES string of the molecule is CC(C)N(C)CCC(C)(C)C(N)=S. The van der Waals surface area contributed by atoms with Crippen LogP contribution in [0, 0.1) is 5.41 Å². The minimum absolute atomic E-state index is 0.0154. The second-order valence-electron chi connectivity index (χ2n) is 4.57. The maximum atomic E-state index is 5.65. The van der Waals surface area contributed by atoms with Crippen molar-refractivity contribution in [2.75, 3.05) is 13.6 Å².